The number of carboxylic acids is 1. The minimum atomic E-state index is -1.15. The number of hydrogen-bond donors (Lipinski definition) is 4. The summed E-state index contributed by atoms with van der Waals surface area (Å²) in [6.45, 7) is 2.10. The van der Waals surface area contributed by atoms with Gasteiger partial charge in [-0.15, -0.1) is 0 Å². The Morgan fingerprint density at radius 1 is 1.25 bits per heavy atom. The quantitative estimate of drug-likeness (QED) is 0.657. The Hall–Kier alpha value is -2.28. The zero-order chi connectivity index (χ0) is 15.1. The average molecular weight is 300 g/mol. The van der Waals surface area contributed by atoms with E-state index in [0.29, 0.717) is 12.2 Å². The zero-order valence-corrected chi connectivity index (χ0v) is 11.5. The van der Waals surface area contributed by atoms with E-state index in [9.17, 15) is 14.4 Å². The molecule has 0 radical (unpaired) electrons. The molecule has 0 saturated heterocycles. The number of carbonyl (C=O) groups excluding carboxylic acids is 2. The average Bonchev–Trinajstić information content (AvgIpc) is 2.36. The SMILES string of the molecule is CCNC(=O)CNC(=O)Nc1ccc(C(=O)O)c(Cl)c1. The summed E-state index contributed by atoms with van der Waals surface area (Å²) in [5.74, 6) is -1.45. The van der Waals surface area contributed by atoms with Crippen LogP contribution in [0.4, 0.5) is 10.5 Å². The van der Waals surface area contributed by atoms with E-state index in [1.165, 1.54) is 18.2 Å². The first-order chi connectivity index (χ1) is 9.43. The van der Waals surface area contributed by atoms with E-state index in [-0.39, 0.29) is 23.0 Å². The third-order valence-corrected chi connectivity index (χ3v) is 2.55. The molecule has 0 fully saturated rings. The summed E-state index contributed by atoms with van der Waals surface area (Å²) in [6.07, 6.45) is 0. The van der Waals surface area contributed by atoms with Gasteiger partial charge in [0, 0.05) is 12.2 Å². The van der Waals surface area contributed by atoms with E-state index >= 15 is 0 Å². The number of benzene rings is 1. The number of aromatic carboxylic acids is 1. The van der Waals surface area contributed by atoms with Gasteiger partial charge in [0.2, 0.25) is 5.91 Å². The minimum Gasteiger partial charge on any atom is -0.478 e. The van der Waals surface area contributed by atoms with Crippen LogP contribution in [0.3, 0.4) is 0 Å². The first-order valence-corrected chi connectivity index (χ1v) is 6.16. The van der Waals surface area contributed by atoms with Gasteiger partial charge in [-0.2, -0.15) is 0 Å². The van der Waals surface area contributed by atoms with Crippen LogP contribution in [0, 0.1) is 0 Å². The predicted molar refractivity (Wildman–Crippen MR) is 74.1 cm³/mol. The lowest BCUT2D eigenvalue weighted by Crippen LogP contribution is -2.38. The van der Waals surface area contributed by atoms with Crippen molar-refractivity contribution in [2.24, 2.45) is 0 Å². The van der Waals surface area contributed by atoms with Crippen LogP contribution in [-0.4, -0.2) is 36.1 Å². The van der Waals surface area contributed by atoms with Crippen LogP contribution in [0.15, 0.2) is 18.2 Å². The highest BCUT2D eigenvalue weighted by atomic mass is 35.5. The van der Waals surface area contributed by atoms with E-state index < -0.39 is 12.0 Å². The van der Waals surface area contributed by atoms with E-state index in [1.807, 2.05) is 0 Å². The molecule has 4 N–H and O–H groups in total. The number of urea groups is 1. The molecule has 0 aliphatic carbocycles. The van der Waals surface area contributed by atoms with Gasteiger partial charge in [-0.05, 0) is 25.1 Å². The summed E-state index contributed by atoms with van der Waals surface area (Å²) in [5, 5.41) is 16.1. The van der Waals surface area contributed by atoms with Crippen molar-refractivity contribution in [1.29, 1.82) is 0 Å². The highest BCUT2D eigenvalue weighted by molar-refractivity contribution is 6.33. The molecule has 1 aromatic rings. The Bertz CT molecular complexity index is 533. The highest BCUT2D eigenvalue weighted by Gasteiger charge is 2.10. The summed E-state index contributed by atoms with van der Waals surface area (Å²) in [5.41, 5.74) is 0.272. The summed E-state index contributed by atoms with van der Waals surface area (Å²) in [6, 6.07) is 3.41. The molecule has 0 aliphatic rings. The van der Waals surface area contributed by atoms with Crippen LogP contribution in [-0.2, 0) is 4.79 Å². The molecule has 20 heavy (non-hydrogen) atoms. The van der Waals surface area contributed by atoms with Crippen molar-refractivity contribution in [3.8, 4) is 0 Å². The van der Waals surface area contributed by atoms with Crippen LogP contribution in [0.2, 0.25) is 5.02 Å². The minimum absolute atomic E-state index is 0.0130. The number of anilines is 1. The molecule has 108 valence electrons. The second-order valence-corrected chi connectivity index (χ2v) is 4.17. The lowest BCUT2D eigenvalue weighted by Gasteiger charge is -2.08. The Labute approximate surface area is 120 Å². The first kappa shape index (κ1) is 15.8. The molecule has 0 bridgehead atoms. The fraction of sp³-hybridized carbons (Fsp3) is 0.250. The highest BCUT2D eigenvalue weighted by Crippen LogP contribution is 2.20. The Morgan fingerprint density at radius 2 is 1.95 bits per heavy atom. The molecular formula is C12H14ClN3O4. The number of nitrogens with one attached hydrogen (secondary N) is 3. The Morgan fingerprint density at radius 3 is 2.50 bits per heavy atom. The van der Waals surface area contributed by atoms with Crippen LogP contribution < -0.4 is 16.0 Å². The van der Waals surface area contributed by atoms with Crippen molar-refractivity contribution < 1.29 is 19.5 Å². The fourth-order valence-corrected chi connectivity index (χ4v) is 1.62. The number of likely N-dealkylation sites (N-methyl/N-ethyl adjacent to an activating group) is 1. The number of halogens is 1. The van der Waals surface area contributed by atoms with E-state index in [4.69, 9.17) is 16.7 Å². The summed E-state index contributed by atoms with van der Waals surface area (Å²) in [7, 11) is 0. The van der Waals surface area contributed by atoms with Gasteiger partial charge in [-0.3, -0.25) is 4.79 Å². The molecular weight excluding hydrogens is 286 g/mol. The smallest absolute Gasteiger partial charge is 0.337 e. The van der Waals surface area contributed by atoms with Gasteiger partial charge in [-0.25, -0.2) is 9.59 Å². The lowest BCUT2D eigenvalue weighted by atomic mass is 10.2. The van der Waals surface area contributed by atoms with Crippen molar-refractivity contribution >= 4 is 35.2 Å². The summed E-state index contributed by atoms with van der Waals surface area (Å²) < 4.78 is 0. The molecule has 0 aromatic heterocycles. The third-order valence-electron chi connectivity index (χ3n) is 2.24. The summed E-state index contributed by atoms with van der Waals surface area (Å²) in [4.78, 5) is 33.4. The second-order valence-electron chi connectivity index (χ2n) is 3.76. The van der Waals surface area contributed by atoms with Crippen molar-refractivity contribution in [3.63, 3.8) is 0 Å². The van der Waals surface area contributed by atoms with Crippen molar-refractivity contribution in [2.75, 3.05) is 18.4 Å². The van der Waals surface area contributed by atoms with Gasteiger partial charge in [0.15, 0.2) is 0 Å². The fourth-order valence-electron chi connectivity index (χ4n) is 1.36. The van der Waals surface area contributed by atoms with Crippen molar-refractivity contribution in [2.45, 2.75) is 6.92 Å². The number of rotatable bonds is 5. The number of carbonyl (C=O) groups is 3. The molecule has 0 atom stereocenters. The Balaban J connectivity index is 2.56. The van der Waals surface area contributed by atoms with Crippen molar-refractivity contribution in [1.82, 2.24) is 10.6 Å². The Kier molecular flexibility index (Phi) is 5.79. The van der Waals surface area contributed by atoms with Crippen LogP contribution in [0.1, 0.15) is 17.3 Å². The third kappa shape index (κ3) is 4.77. The van der Waals surface area contributed by atoms with Gasteiger partial charge in [0.1, 0.15) is 0 Å². The maximum absolute atomic E-state index is 11.5. The van der Waals surface area contributed by atoms with Gasteiger partial charge < -0.3 is 21.1 Å². The van der Waals surface area contributed by atoms with Crippen LogP contribution in [0.25, 0.3) is 0 Å². The lowest BCUT2D eigenvalue weighted by molar-refractivity contribution is -0.119. The number of carboxylic acid groups (broad SMARTS) is 1. The number of amides is 3. The molecule has 1 aromatic carbocycles. The molecule has 0 heterocycles. The van der Waals surface area contributed by atoms with Crippen LogP contribution in [0.5, 0.6) is 0 Å². The maximum Gasteiger partial charge on any atom is 0.337 e. The monoisotopic (exact) mass is 299 g/mol. The zero-order valence-electron chi connectivity index (χ0n) is 10.7. The molecule has 0 spiro atoms. The van der Waals surface area contributed by atoms with E-state index in [2.05, 4.69) is 16.0 Å². The molecule has 0 unspecified atom stereocenters. The van der Waals surface area contributed by atoms with Gasteiger partial charge >= 0.3 is 12.0 Å². The number of hydrogen-bond acceptors (Lipinski definition) is 3. The molecule has 7 nitrogen and oxygen atoms in total. The largest absolute Gasteiger partial charge is 0.478 e. The predicted octanol–water partition coefficient (Wildman–Crippen LogP) is 1.30. The first-order valence-electron chi connectivity index (χ1n) is 5.78. The normalized spacial score (nSPS) is 9.70. The molecule has 0 saturated carbocycles. The van der Waals surface area contributed by atoms with Gasteiger partial charge in [-0.1, -0.05) is 11.6 Å². The summed E-state index contributed by atoms with van der Waals surface area (Å²) >= 11 is 5.76. The molecule has 1 rings (SSSR count). The van der Waals surface area contributed by atoms with Crippen LogP contribution >= 0.6 is 11.6 Å². The maximum atomic E-state index is 11.5. The topological polar surface area (TPSA) is 108 Å². The second kappa shape index (κ2) is 7.34. The van der Waals surface area contributed by atoms with Crippen molar-refractivity contribution in [3.05, 3.63) is 28.8 Å². The van der Waals surface area contributed by atoms with Gasteiger partial charge in [0.25, 0.3) is 0 Å². The molecule has 3 amide bonds. The van der Waals surface area contributed by atoms with Gasteiger partial charge in [0.05, 0.1) is 17.1 Å². The van der Waals surface area contributed by atoms with E-state index in [0.717, 1.165) is 0 Å². The standard InChI is InChI=1S/C12H14ClN3O4/c1-2-14-10(17)6-15-12(20)16-7-3-4-8(11(18)19)9(13)5-7/h3-5H,2,6H2,1H3,(H,14,17)(H,18,19)(H2,15,16,20). The molecule has 8 heteroatoms. The van der Waals surface area contributed by atoms with E-state index in [1.54, 1.807) is 6.92 Å². The molecule has 0 aliphatic heterocycles.